The van der Waals surface area contributed by atoms with Gasteiger partial charge in [-0.05, 0) is 25.5 Å². The number of fused-ring (bicyclic) bond motifs is 1. The highest BCUT2D eigenvalue weighted by atomic mass is 16.5. The lowest BCUT2D eigenvalue weighted by atomic mass is 9.92. The van der Waals surface area contributed by atoms with Gasteiger partial charge in [0, 0.05) is 29.9 Å². The number of hydrogen-bond donors (Lipinski definition) is 2. The number of aromatic amines is 1. The number of ether oxygens (including phenoxy) is 1. The van der Waals surface area contributed by atoms with Crippen molar-refractivity contribution in [2.45, 2.75) is 32.2 Å². The molecule has 1 aromatic carbocycles. The van der Waals surface area contributed by atoms with Crippen LogP contribution in [0.1, 0.15) is 42.8 Å². The van der Waals surface area contributed by atoms with Crippen molar-refractivity contribution in [2.24, 2.45) is 0 Å². The van der Waals surface area contributed by atoms with Crippen molar-refractivity contribution in [3.63, 3.8) is 0 Å². The molecule has 106 valence electrons. The number of H-pyrrole nitrogens is 1. The number of hydrogen-bond acceptors (Lipinski definition) is 3. The molecule has 0 saturated heterocycles. The summed E-state index contributed by atoms with van der Waals surface area (Å²) in [7, 11) is 0. The molecule has 0 amide bonds. The van der Waals surface area contributed by atoms with Crippen LogP contribution in [-0.4, -0.2) is 23.1 Å². The zero-order chi connectivity index (χ0) is 13.8. The molecule has 4 heteroatoms. The first kappa shape index (κ1) is 13.2. The Morgan fingerprint density at radius 2 is 2.30 bits per heavy atom. The molecule has 1 atom stereocenters. The molecular formula is C16H21N3O. The van der Waals surface area contributed by atoms with Crippen LogP contribution in [-0.2, 0) is 6.54 Å². The van der Waals surface area contributed by atoms with E-state index in [9.17, 15) is 0 Å². The minimum atomic E-state index is 0.319. The topological polar surface area (TPSA) is 49.9 Å². The average molecular weight is 271 g/mol. The molecule has 0 bridgehead atoms. The van der Waals surface area contributed by atoms with Gasteiger partial charge >= 0.3 is 0 Å². The largest absolute Gasteiger partial charge is 0.493 e. The van der Waals surface area contributed by atoms with Gasteiger partial charge in [-0.2, -0.15) is 0 Å². The summed E-state index contributed by atoms with van der Waals surface area (Å²) in [6, 6.07) is 8.25. The number of nitrogens with one attached hydrogen (secondary N) is 2. The van der Waals surface area contributed by atoms with Crippen molar-refractivity contribution >= 4 is 0 Å². The summed E-state index contributed by atoms with van der Waals surface area (Å²) in [6.45, 7) is 4.82. The summed E-state index contributed by atoms with van der Waals surface area (Å²) in [6.07, 6.45) is 4.07. The molecule has 1 unspecified atom stereocenters. The summed E-state index contributed by atoms with van der Waals surface area (Å²) < 4.78 is 5.71. The molecule has 1 aliphatic heterocycles. The second kappa shape index (κ2) is 6.09. The molecule has 0 spiro atoms. The van der Waals surface area contributed by atoms with E-state index in [0.29, 0.717) is 5.92 Å². The predicted octanol–water partition coefficient (Wildman–Crippen LogP) is 2.82. The second-order valence-corrected chi connectivity index (χ2v) is 5.20. The Hall–Kier alpha value is -1.81. The van der Waals surface area contributed by atoms with Crippen molar-refractivity contribution < 1.29 is 4.74 Å². The molecule has 2 aromatic rings. The molecule has 20 heavy (non-hydrogen) atoms. The van der Waals surface area contributed by atoms with Gasteiger partial charge in [0.2, 0.25) is 0 Å². The van der Waals surface area contributed by atoms with Crippen molar-refractivity contribution in [3.05, 3.63) is 47.5 Å². The minimum Gasteiger partial charge on any atom is -0.493 e. The van der Waals surface area contributed by atoms with Crippen molar-refractivity contribution in [3.8, 4) is 5.75 Å². The zero-order valence-electron chi connectivity index (χ0n) is 11.9. The van der Waals surface area contributed by atoms with Crippen molar-refractivity contribution in [1.82, 2.24) is 15.3 Å². The fourth-order valence-corrected chi connectivity index (χ4v) is 2.67. The lowest BCUT2D eigenvalue weighted by Gasteiger charge is -2.24. The van der Waals surface area contributed by atoms with E-state index in [1.807, 2.05) is 18.3 Å². The SMILES string of the molecule is CCCNCc1cnc(C2CCOc3ccccc32)[nH]1. The summed E-state index contributed by atoms with van der Waals surface area (Å²) in [5.41, 5.74) is 2.39. The third-order valence-corrected chi connectivity index (χ3v) is 3.68. The molecule has 1 aliphatic rings. The first-order valence-electron chi connectivity index (χ1n) is 7.34. The fourth-order valence-electron chi connectivity index (χ4n) is 2.67. The van der Waals surface area contributed by atoms with E-state index in [-0.39, 0.29) is 0 Å². The first-order valence-corrected chi connectivity index (χ1v) is 7.34. The van der Waals surface area contributed by atoms with Gasteiger partial charge in [0.1, 0.15) is 11.6 Å². The van der Waals surface area contributed by atoms with Crippen LogP contribution in [0.4, 0.5) is 0 Å². The molecule has 1 aromatic heterocycles. The normalized spacial score (nSPS) is 17.6. The molecule has 0 aliphatic carbocycles. The lowest BCUT2D eigenvalue weighted by molar-refractivity contribution is 0.274. The van der Waals surface area contributed by atoms with Gasteiger partial charge in [0.05, 0.1) is 6.61 Å². The maximum atomic E-state index is 5.71. The fraction of sp³-hybridized carbons (Fsp3) is 0.438. The van der Waals surface area contributed by atoms with E-state index in [4.69, 9.17) is 4.74 Å². The van der Waals surface area contributed by atoms with E-state index in [1.165, 1.54) is 5.56 Å². The number of rotatable bonds is 5. The highest BCUT2D eigenvalue weighted by molar-refractivity contribution is 5.40. The second-order valence-electron chi connectivity index (χ2n) is 5.20. The van der Waals surface area contributed by atoms with E-state index in [0.717, 1.165) is 49.8 Å². The van der Waals surface area contributed by atoms with Gasteiger partial charge in [-0.15, -0.1) is 0 Å². The monoisotopic (exact) mass is 271 g/mol. The maximum Gasteiger partial charge on any atom is 0.123 e. The van der Waals surface area contributed by atoms with Crippen LogP contribution >= 0.6 is 0 Å². The third kappa shape index (κ3) is 2.70. The highest BCUT2D eigenvalue weighted by Gasteiger charge is 2.24. The number of nitrogens with zero attached hydrogens (tertiary/aromatic N) is 1. The number of imidazole rings is 1. The third-order valence-electron chi connectivity index (χ3n) is 3.68. The van der Waals surface area contributed by atoms with Crippen LogP contribution in [0.25, 0.3) is 0 Å². The molecule has 0 radical (unpaired) electrons. The van der Waals surface area contributed by atoms with E-state index >= 15 is 0 Å². The summed E-state index contributed by atoms with van der Waals surface area (Å²) in [5.74, 6) is 2.36. The molecule has 2 heterocycles. The standard InChI is InChI=1S/C16H21N3O/c1-2-8-17-10-12-11-18-16(19-12)14-7-9-20-15-6-4-3-5-13(14)15/h3-6,11,14,17H,2,7-10H2,1H3,(H,18,19). The lowest BCUT2D eigenvalue weighted by Crippen LogP contribution is -2.16. The zero-order valence-corrected chi connectivity index (χ0v) is 11.9. The molecule has 0 fully saturated rings. The van der Waals surface area contributed by atoms with Crippen LogP contribution < -0.4 is 10.1 Å². The van der Waals surface area contributed by atoms with Crippen LogP contribution in [0.3, 0.4) is 0 Å². The van der Waals surface area contributed by atoms with E-state index in [2.05, 4.69) is 34.3 Å². The Morgan fingerprint density at radius 1 is 1.40 bits per heavy atom. The Bertz CT molecular complexity index is 564. The van der Waals surface area contributed by atoms with Crippen LogP contribution in [0.5, 0.6) is 5.75 Å². The molecular weight excluding hydrogens is 250 g/mol. The Labute approximate surface area is 119 Å². The molecule has 2 N–H and O–H groups in total. The quantitative estimate of drug-likeness (QED) is 0.822. The van der Waals surface area contributed by atoms with E-state index in [1.54, 1.807) is 0 Å². The number of aromatic nitrogens is 2. The Morgan fingerprint density at radius 3 is 3.20 bits per heavy atom. The first-order chi connectivity index (χ1) is 9.88. The van der Waals surface area contributed by atoms with Gasteiger partial charge in [-0.25, -0.2) is 4.98 Å². The number of para-hydroxylation sites is 1. The predicted molar refractivity (Wildman–Crippen MR) is 79.0 cm³/mol. The van der Waals surface area contributed by atoms with E-state index < -0.39 is 0 Å². The Balaban J connectivity index is 1.77. The van der Waals surface area contributed by atoms with Crippen LogP contribution in [0.2, 0.25) is 0 Å². The number of benzene rings is 1. The van der Waals surface area contributed by atoms with Crippen LogP contribution in [0, 0.1) is 0 Å². The Kier molecular flexibility index (Phi) is 4.02. The van der Waals surface area contributed by atoms with Gasteiger partial charge in [0.15, 0.2) is 0 Å². The van der Waals surface area contributed by atoms with Gasteiger partial charge < -0.3 is 15.0 Å². The van der Waals surface area contributed by atoms with Gasteiger partial charge in [0.25, 0.3) is 0 Å². The van der Waals surface area contributed by atoms with Crippen molar-refractivity contribution in [2.75, 3.05) is 13.2 Å². The summed E-state index contributed by atoms with van der Waals surface area (Å²) in [4.78, 5) is 8.02. The minimum absolute atomic E-state index is 0.319. The molecule has 4 nitrogen and oxygen atoms in total. The average Bonchev–Trinajstić information content (AvgIpc) is 2.96. The smallest absolute Gasteiger partial charge is 0.123 e. The maximum absolute atomic E-state index is 5.71. The molecule has 0 saturated carbocycles. The summed E-state index contributed by atoms with van der Waals surface area (Å²) >= 11 is 0. The van der Waals surface area contributed by atoms with Crippen LogP contribution in [0.15, 0.2) is 30.5 Å². The van der Waals surface area contributed by atoms with Crippen molar-refractivity contribution in [1.29, 1.82) is 0 Å². The molecule has 3 rings (SSSR count). The summed E-state index contributed by atoms with van der Waals surface area (Å²) in [5, 5.41) is 3.39. The van der Waals surface area contributed by atoms with Gasteiger partial charge in [-0.3, -0.25) is 0 Å². The highest BCUT2D eigenvalue weighted by Crippen LogP contribution is 2.36. The van der Waals surface area contributed by atoms with Gasteiger partial charge in [-0.1, -0.05) is 25.1 Å².